The van der Waals surface area contributed by atoms with Crippen LogP contribution < -0.4 is 15.8 Å². The second-order valence-electron chi connectivity index (χ2n) is 4.00. The van der Waals surface area contributed by atoms with E-state index >= 15 is 0 Å². The van der Waals surface area contributed by atoms with Crippen LogP contribution in [0.3, 0.4) is 0 Å². The smallest absolute Gasteiger partial charge is 0.123 e. The lowest BCUT2D eigenvalue weighted by Crippen LogP contribution is -2.05. The fraction of sp³-hybridized carbons (Fsp3) is 0.214. The highest BCUT2D eigenvalue weighted by molar-refractivity contribution is 5.45. The first-order chi connectivity index (χ1) is 8.78. The van der Waals surface area contributed by atoms with Crippen LogP contribution in [-0.2, 0) is 6.42 Å². The molecule has 0 saturated carbocycles. The van der Waals surface area contributed by atoms with Gasteiger partial charge in [-0.25, -0.2) is 4.98 Å². The first-order valence-electron chi connectivity index (χ1n) is 5.86. The molecule has 94 valence electrons. The van der Waals surface area contributed by atoms with Gasteiger partial charge in [-0.3, -0.25) is 0 Å². The van der Waals surface area contributed by atoms with Gasteiger partial charge in [-0.1, -0.05) is 12.1 Å². The molecule has 0 unspecified atom stereocenters. The number of anilines is 2. The summed E-state index contributed by atoms with van der Waals surface area (Å²) >= 11 is 0. The first kappa shape index (κ1) is 12.2. The Hall–Kier alpha value is -2.23. The molecule has 18 heavy (non-hydrogen) atoms. The number of methoxy groups -OCH3 is 1. The summed E-state index contributed by atoms with van der Waals surface area (Å²) in [4.78, 5) is 4.03. The number of nitrogens with one attached hydrogen (secondary N) is 1. The second-order valence-corrected chi connectivity index (χ2v) is 4.00. The molecule has 0 bridgehead atoms. The maximum Gasteiger partial charge on any atom is 0.123 e. The number of ether oxygens (including phenoxy) is 1. The third kappa shape index (κ3) is 3.38. The van der Waals surface area contributed by atoms with Gasteiger partial charge in [0.25, 0.3) is 0 Å². The van der Waals surface area contributed by atoms with Gasteiger partial charge in [0, 0.05) is 6.54 Å². The summed E-state index contributed by atoms with van der Waals surface area (Å²) in [5.41, 5.74) is 7.75. The van der Waals surface area contributed by atoms with E-state index < -0.39 is 0 Å². The average molecular weight is 243 g/mol. The molecular formula is C14H17N3O. The number of nitrogens with two attached hydrogens (primary N) is 1. The van der Waals surface area contributed by atoms with Gasteiger partial charge in [0.2, 0.25) is 0 Å². The number of pyridine rings is 1. The molecule has 0 saturated heterocycles. The van der Waals surface area contributed by atoms with Gasteiger partial charge in [0.1, 0.15) is 11.6 Å². The Balaban J connectivity index is 1.86. The van der Waals surface area contributed by atoms with Gasteiger partial charge in [0.05, 0.1) is 19.0 Å². The van der Waals surface area contributed by atoms with E-state index in [1.54, 1.807) is 19.4 Å². The first-order valence-corrected chi connectivity index (χ1v) is 5.86. The molecule has 0 fully saturated rings. The monoisotopic (exact) mass is 243 g/mol. The third-order valence-electron chi connectivity index (χ3n) is 2.66. The Labute approximate surface area is 107 Å². The second kappa shape index (κ2) is 5.91. The van der Waals surface area contributed by atoms with Gasteiger partial charge < -0.3 is 15.8 Å². The van der Waals surface area contributed by atoms with Gasteiger partial charge in [0.15, 0.2) is 0 Å². The SMILES string of the molecule is COc1cccc(CCNc2ccc(N)nc2)c1. The fourth-order valence-corrected chi connectivity index (χ4v) is 1.69. The molecule has 0 aliphatic heterocycles. The summed E-state index contributed by atoms with van der Waals surface area (Å²) < 4.78 is 5.19. The van der Waals surface area contributed by atoms with Crippen molar-refractivity contribution in [2.24, 2.45) is 0 Å². The molecule has 1 aromatic carbocycles. The van der Waals surface area contributed by atoms with E-state index in [4.69, 9.17) is 10.5 Å². The molecule has 0 spiro atoms. The van der Waals surface area contributed by atoms with Crippen molar-refractivity contribution >= 4 is 11.5 Å². The number of nitrogen functional groups attached to an aromatic ring is 1. The normalized spacial score (nSPS) is 10.1. The maximum absolute atomic E-state index is 5.53. The maximum atomic E-state index is 5.53. The Kier molecular flexibility index (Phi) is 4.02. The Bertz CT molecular complexity index is 497. The summed E-state index contributed by atoms with van der Waals surface area (Å²) in [5.74, 6) is 1.43. The van der Waals surface area contributed by atoms with Crippen LogP contribution in [-0.4, -0.2) is 18.6 Å². The Morgan fingerprint density at radius 1 is 1.28 bits per heavy atom. The van der Waals surface area contributed by atoms with Crippen LogP contribution >= 0.6 is 0 Å². The Morgan fingerprint density at radius 2 is 2.17 bits per heavy atom. The zero-order chi connectivity index (χ0) is 12.8. The molecule has 0 aliphatic rings. The standard InChI is InChI=1S/C14H17N3O/c1-18-13-4-2-3-11(9-13)7-8-16-12-5-6-14(15)17-10-12/h2-6,9-10,16H,7-8H2,1H3,(H2,15,17). The largest absolute Gasteiger partial charge is 0.497 e. The fourth-order valence-electron chi connectivity index (χ4n) is 1.69. The highest BCUT2D eigenvalue weighted by atomic mass is 16.5. The molecule has 4 heteroatoms. The highest BCUT2D eigenvalue weighted by Crippen LogP contribution is 2.13. The average Bonchev–Trinajstić information content (AvgIpc) is 2.41. The predicted octanol–water partition coefficient (Wildman–Crippen LogP) is 2.33. The van der Waals surface area contributed by atoms with Crippen molar-refractivity contribution in [3.63, 3.8) is 0 Å². The van der Waals surface area contributed by atoms with E-state index in [1.807, 2.05) is 24.3 Å². The summed E-state index contributed by atoms with van der Waals surface area (Å²) in [6.07, 6.45) is 2.67. The van der Waals surface area contributed by atoms with Crippen molar-refractivity contribution in [1.82, 2.24) is 4.98 Å². The number of nitrogens with zero attached hydrogens (tertiary/aromatic N) is 1. The van der Waals surface area contributed by atoms with Crippen LogP contribution in [0, 0.1) is 0 Å². The van der Waals surface area contributed by atoms with Crippen LogP contribution in [0.2, 0.25) is 0 Å². The van der Waals surface area contributed by atoms with Gasteiger partial charge >= 0.3 is 0 Å². The van der Waals surface area contributed by atoms with Crippen LogP contribution in [0.15, 0.2) is 42.6 Å². The van der Waals surface area contributed by atoms with Crippen molar-refractivity contribution in [2.75, 3.05) is 24.7 Å². The molecule has 0 amide bonds. The molecule has 0 atom stereocenters. The quantitative estimate of drug-likeness (QED) is 0.846. The molecule has 2 aromatic rings. The van der Waals surface area contributed by atoms with Gasteiger partial charge in [-0.2, -0.15) is 0 Å². The van der Waals surface area contributed by atoms with E-state index in [1.165, 1.54) is 5.56 Å². The van der Waals surface area contributed by atoms with Crippen LogP contribution in [0.1, 0.15) is 5.56 Å². The van der Waals surface area contributed by atoms with Crippen molar-refractivity contribution in [3.05, 3.63) is 48.2 Å². The van der Waals surface area contributed by atoms with Crippen molar-refractivity contribution in [3.8, 4) is 5.75 Å². The minimum absolute atomic E-state index is 0.536. The summed E-state index contributed by atoms with van der Waals surface area (Å²) in [7, 11) is 1.68. The molecule has 0 aliphatic carbocycles. The topological polar surface area (TPSA) is 60.2 Å². The zero-order valence-corrected chi connectivity index (χ0v) is 10.4. The molecule has 1 aromatic heterocycles. The lowest BCUT2D eigenvalue weighted by Gasteiger charge is -2.07. The summed E-state index contributed by atoms with van der Waals surface area (Å²) in [6, 6.07) is 11.8. The van der Waals surface area contributed by atoms with E-state index in [0.717, 1.165) is 24.4 Å². The van der Waals surface area contributed by atoms with Gasteiger partial charge in [-0.05, 0) is 36.2 Å². The minimum atomic E-state index is 0.536. The minimum Gasteiger partial charge on any atom is -0.497 e. The summed E-state index contributed by atoms with van der Waals surface area (Å²) in [5, 5.41) is 3.30. The molecule has 0 radical (unpaired) electrons. The van der Waals surface area contributed by atoms with E-state index in [-0.39, 0.29) is 0 Å². The molecule has 1 heterocycles. The highest BCUT2D eigenvalue weighted by Gasteiger charge is 1.97. The molecule has 3 N–H and O–H groups in total. The van der Waals surface area contributed by atoms with E-state index in [2.05, 4.69) is 16.4 Å². The number of hydrogen-bond acceptors (Lipinski definition) is 4. The molecule has 2 rings (SSSR count). The van der Waals surface area contributed by atoms with Crippen molar-refractivity contribution < 1.29 is 4.74 Å². The van der Waals surface area contributed by atoms with Crippen LogP contribution in [0.4, 0.5) is 11.5 Å². The summed E-state index contributed by atoms with van der Waals surface area (Å²) in [6.45, 7) is 0.846. The number of hydrogen-bond donors (Lipinski definition) is 2. The Morgan fingerprint density at radius 3 is 2.89 bits per heavy atom. The van der Waals surface area contributed by atoms with Crippen LogP contribution in [0.5, 0.6) is 5.75 Å². The van der Waals surface area contributed by atoms with Gasteiger partial charge in [-0.15, -0.1) is 0 Å². The molecule has 4 nitrogen and oxygen atoms in total. The third-order valence-corrected chi connectivity index (χ3v) is 2.66. The van der Waals surface area contributed by atoms with Crippen molar-refractivity contribution in [2.45, 2.75) is 6.42 Å². The lowest BCUT2D eigenvalue weighted by atomic mass is 10.1. The number of aromatic nitrogens is 1. The number of benzene rings is 1. The van der Waals surface area contributed by atoms with Crippen LogP contribution in [0.25, 0.3) is 0 Å². The molecular weight excluding hydrogens is 226 g/mol. The number of rotatable bonds is 5. The predicted molar refractivity (Wildman–Crippen MR) is 73.8 cm³/mol. The zero-order valence-electron chi connectivity index (χ0n) is 10.4. The van der Waals surface area contributed by atoms with E-state index in [0.29, 0.717) is 5.82 Å². The van der Waals surface area contributed by atoms with Crippen molar-refractivity contribution in [1.29, 1.82) is 0 Å². The lowest BCUT2D eigenvalue weighted by molar-refractivity contribution is 0.414. The van der Waals surface area contributed by atoms with E-state index in [9.17, 15) is 0 Å².